The standard InChI is InChI=1S/C25H25N3O5S2/c1-16-22(17-6-9-20(10-7-17)35(30,31)26-15-27(2)3)24(25(29)28(4)32-5)34-23(16)19-8-11-21-18(14-19)12-13-33-21/h6-15H,1-5H3/b26-15+. The van der Waals surface area contributed by atoms with Crippen LogP contribution in [0.2, 0.25) is 0 Å². The number of nitrogens with zero attached hydrogens (tertiary/aromatic N) is 3. The molecule has 0 fully saturated rings. The van der Waals surface area contributed by atoms with Crippen LogP contribution in [0.15, 0.2) is 68.5 Å². The third kappa shape index (κ3) is 4.86. The maximum Gasteiger partial charge on any atom is 0.287 e. The molecule has 1 amide bonds. The van der Waals surface area contributed by atoms with E-state index in [1.54, 1.807) is 44.4 Å². The number of amides is 1. The number of sulfonamides is 1. The maximum atomic E-state index is 13.2. The summed E-state index contributed by atoms with van der Waals surface area (Å²) in [5.74, 6) is -0.293. The van der Waals surface area contributed by atoms with Gasteiger partial charge in [-0.1, -0.05) is 12.1 Å². The molecule has 182 valence electrons. The third-order valence-corrected chi connectivity index (χ3v) is 8.04. The topological polar surface area (TPSA) is 92.4 Å². The van der Waals surface area contributed by atoms with E-state index in [0.29, 0.717) is 4.88 Å². The molecule has 0 N–H and O–H groups in total. The molecule has 0 bridgehead atoms. The van der Waals surface area contributed by atoms with E-state index < -0.39 is 10.0 Å². The molecule has 2 heterocycles. The van der Waals surface area contributed by atoms with Crippen LogP contribution in [-0.4, -0.2) is 58.9 Å². The van der Waals surface area contributed by atoms with E-state index in [1.807, 2.05) is 31.2 Å². The van der Waals surface area contributed by atoms with Crippen molar-refractivity contribution in [1.29, 1.82) is 0 Å². The van der Waals surface area contributed by atoms with E-state index in [4.69, 9.17) is 9.25 Å². The first kappa shape index (κ1) is 24.6. The van der Waals surface area contributed by atoms with E-state index in [-0.39, 0.29) is 10.8 Å². The highest BCUT2D eigenvalue weighted by atomic mass is 32.2. The Morgan fingerprint density at radius 2 is 1.74 bits per heavy atom. The third-order valence-electron chi connectivity index (χ3n) is 5.47. The van der Waals surface area contributed by atoms with Crippen LogP contribution in [0.5, 0.6) is 0 Å². The predicted octanol–water partition coefficient (Wildman–Crippen LogP) is 5.05. The molecule has 35 heavy (non-hydrogen) atoms. The predicted molar refractivity (Wildman–Crippen MR) is 138 cm³/mol. The van der Waals surface area contributed by atoms with E-state index >= 15 is 0 Å². The first-order valence-electron chi connectivity index (χ1n) is 10.6. The Morgan fingerprint density at radius 3 is 2.40 bits per heavy atom. The lowest BCUT2D eigenvalue weighted by atomic mass is 9.98. The summed E-state index contributed by atoms with van der Waals surface area (Å²) in [4.78, 5) is 21.4. The summed E-state index contributed by atoms with van der Waals surface area (Å²) in [7, 11) is 2.53. The van der Waals surface area contributed by atoms with Crippen molar-refractivity contribution in [3.63, 3.8) is 0 Å². The highest BCUT2D eigenvalue weighted by molar-refractivity contribution is 7.90. The Kier molecular flexibility index (Phi) is 6.79. The minimum atomic E-state index is -3.83. The molecule has 0 saturated carbocycles. The average molecular weight is 512 g/mol. The molecule has 4 rings (SSSR count). The van der Waals surface area contributed by atoms with Crippen LogP contribution in [0.25, 0.3) is 32.5 Å². The second-order valence-electron chi connectivity index (χ2n) is 8.10. The summed E-state index contributed by atoms with van der Waals surface area (Å²) >= 11 is 1.37. The number of hydroxylamine groups is 2. The van der Waals surface area contributed by atoms with Gasteiger partial charge in [0.15, 0.2) is 0 Å². The Labute approximate surface area is 208 Å². The number of fused-ring (bicyclic) bond motifs is 1. The van der Waals surface area contributed by atoms with Crippen LogP contribution in [0.4, 0.5) is 0 Å². The number of furan rings is 1. The van der Waals surface area contributed by atoms with Gasteiger partial charge in [0.05, 0.1) is 18.3 Å². The normalized spacial score (nSPS) is 11.9. The highest BCUT2D eigenvalue weighted by Crippen LogP contribution is 2.43. The number of hydrogen-bond donors (Lipinski definition) is 0. The van der Waals surface area contributed by atoms with Gasteiger partial charge < -0.3 is 9.32 Å². The van der Waals surface area contributed by atoms with Gasteiger partial charge in [0, 0.05) is 37.0 Å². The lowest BCUT2D eigenvalue weighted by Gasteiger charge is -2.14. The summed E-state index contributed by atoms with van der Waals surface area (Å²) in [6.07, 6.45) is 2.88. The zero-order chi connectivity index (χ0) is 25.3. The van der Waals surface area contributed by atoms with Gasteiger partial charge in [0.1, 0.15) is 16.8 Å². The summed E-state index contributed by atoms with van der Waals surface area (Å²) in [5.41, 5.74) is 4.10. The van der Waals surface area contributed by atoms with Gasteiger partial charge in [0.25, 0.3) is 15.9 Å². The van der Waals surface area contributed by atoms with E-state index in [9.17, 15) is 13.2 Å². The van der Waals surface area contributed by atoms with Crippen molar-refractivity contribution in [3.8, 4) is 21.6 Å². The number of rotatable bonds is 7. The quantitative estimate of drug-likeness (QED) is 0.196. The minimum absolute atomic E-state index is 0.0692. The van der Waals surface area contributed by atoms with Crippen molar-refractivity contribution in [2.24, 2.45) is 4.40 Å². The molecule has 10 heteroatoms. The molecule has 0 aliphatic carbocycles. The smallest absolute Gasteiger partial charge is 0.287 e. The lowest BCUT2D eigenvalue weighted by molar-refractivity contribution is -0.0753. The van der Waals surface area contributed by atoms with Crippen LogP contribution in [0.1, 0.15) is 15.2 Å². The number of carbonyl (C=O) groups is 1. The van der Waals surface area contributed by atoms with Gasteiger partial charge in [-0.2, -0.15) is 8.42 Å². The van der Waals surface area contributed by atoms with E-state index in [0.717, 1.165) is 38.1 Å². The molecule has 0 spiro atoms. The first-order chi connectivity index (χ1) is 16.6. The monoisotopic (exact) mass is 511 g/mol. The molecule has 0 unspecified atom stereocenters. The zero-order valence-corrected chi connectivity index (χ0v) is 21.6. The second-order valence-corrected chi connectivity index (χ2v) is 10.8. The largest absolute Gasteiger partial charge is 0.464 e. The number of carbonyl (C=O) groups excluding carboxylic acids is 1. The molecular weight excluding hydrogens is 486 g/mol. The van der Waals surface area contributed by atoms with E-state index in [1.165, 1.54) is 42.0 Å². The van der Waals surface area contributed by atoms with E-state index in [2.05, 4.69) is 4.40 Å². The van der Waals surface area contributed by atoms with Crippen molar-refractivity contribution in [2.75, 3.05) is 28.3 Å². The zero-order valence-electron chi connectivity index (χ0n) is 20.0. The van der Waals surface area contributed by atoms with Crippen LogP contribution in [0, 0.1) is 6.92 Å². The first-order valence-corrected chi connectivity index (χ1v) is 12.9. The molecule has 2 aromatic carbocycles. The molecule has 0 aliphatic rings. The van der Waals surface area contributed by atoms with Gasteiger partial charge in [-0.25, -0.2) is 5.06 Å². The highest BCUT2D eigenvalue weighted by Gasteiger charge is 2.25. The summed E-state index contributed by atoms with van der Waals surface area (Å²) < 4.78 is 34.2. The summed E-state index contributed by atoms with van der Waals surface area (Å²) in [6.45, 7) is 1.95. The van der Waals surface area contributed by atoms with Crippen molar-refractivity contribution >= 4 is 44.6 Å². The Balaban J connectivity index is 1.83. The van der Waals surface area contributed by atoms with Crippen LogP contribution < -0.4 is 0 Å². The lowest BCUT2D eigenvalue weighted by Crippen LogP contribution is -2.25. The molecule has 4 aromatic rings. The van der Waals surface area contributed by atoms with Crippen LogP contribution >= 0.6 is 11.3 Å². The van der Waals surface area contributed by atoms with Crippen LogP contribution in [-0.2, 0) is 14.9 Å². The molecular formula is C25H25N3O5S2. The maximum absolute atomic E-state index is 13.2. The SMILES string of the molecule is CON(C)C(=O)c1sc(-c2ccc3occc3c2)c(C)c1-c1ccc(S(=O)(=O)/N=C/N(C)C)cc1. The summed E-state index contributed by atoms with van der Waals surface area (Å²) in [5, 5.41) is 2.14. The molecule has 2 aromatic heterocycles. The average Bonchev–Trinajstić information content (AvgIpc) is 3.45. The summed E-state index contributed by atoms with van der Waals surface area (Å²) in [6, 6.07) is 14.2. The number of thiophene rings is 1. The Hall–Kier alpha value is -3.47. The van der Waals surface area contributed by atoms with Gasteiger partial charge >= 0.3 is 0 Å². The van der Waals surface area contributed by atoms with Crippen molar-refractivity contribution in [3.05, 3.63) is 65.2 Å². The number of hydrogen-bond acceptors (Lipinski definition) is 6. The fraction of sp³-hybridized carbons (Fsp3) is 0.200. The van der Waals surface area contributed by atoms with Crippen LogP contribution in [0.3, 0.4) is 0 Å². The number of benzene rings is 2. The Bertz CT molecular complexity index is 1520. The fourth-order valence-electron chi connectivity index (χ4n) is 3.63. The molecule has 0 saturated heterocycles. The van der Waals surface area contributed by atoms with Gasteiger partial charge in [-0.15, -0.1) is 15.7 Å². The van der Waals surface area contributed by atoms with Gasteiger partial charge in [-0.05, 0) is 60.0 Å². The molecule has 8 nitrogen and oxygen atoms in total. The van der Waals surface area contributed by atoms with Gasteiger partial charge in [-0.3, -0.25) is 9.63 Å². The fourth-order valence-corrected chi connectivity index (χ4v) is 5.84. The van der Waals surface area contributed by atoms with Crippen molar-refractivity contribution in [1.82, 2.24) is 9.96 Å². The molecule has 0 atom stereocenters. The van der Waals surface area contributed by atoms with Crippen molar-refractivity contribution < 1.29 is 22.5 Å². The minimum Gasteiger partial charge on any atom is -0.464 e. The molecule has 0 aliphatic heterocycles. The van der Waals surface area contributed by atoms with Crippen molar-refractivity contribution in [2.45, 2.75) is 11.8 Å². The Morgan fingerprint density at radius 1 is 1.06 bits per heavy atom. The molecule has 0 radical (unpaired) electrons. The second kappa shape index (κ2) is 9.65. The van der Waals surface area contributed by atoms with Gasteiger partial charge in [0.2, 0.25) is 0 Å².